The van der Waals surface area contributed by atoms with Crippen LogP contribution in [0.2, 0.25) is 0 Å². The maximum Gasteiger partial charge on any atom is 0.338 e. The van der Waals surface area contributed by atoms with Crippen LogP contribution in [-0.4, -0.2) is 13.0 Å². The first-order valence-electron chi connectivity index (χ1n) is 3.04. The lowest BCUT2D eigenvalue weighted by molar-refractivity contribution is -0.535. The van der Waals surface area contributed by atoms with E-state index >= 15 is 0 Å². The van der Waals surface area contributed by atoms with Crippen LogP contribution in [0.3, 0.4) is 0 Å². The molecule has 1 aliphatic carbocycles. The van der Waals surface area contributed by atoms with E-state index in [-0.39, 0.29) is 5.91 Å². The minimum absolute atomic E-state index is 0.153. The second kappa shape index (κ2) is 2.60. The van der Waals surface area contributed by atoms with Crippen molar-refractivity contribution in [1.29, 1.82) is 0 Å². The third-order valence-electron chi connectivity index (χ3n) is 1.35. The first kappa shape index (κ1) is 6.23. The van der Waals surface area contributed by atoms with Crippen LogP contribution in [0.25, 0.3) is 0 Å². The molecule has 0 atom stereocenters. The molecule has 1 rings (SSSR count). The number of hydrogen-bond acceptors (Lipinski definition) is 1. The molecule has 0 aromatic heterocycles. The predicted molar refractivity (Wildman–Crippen MR) is 34.7 cm³/mol. The van der Waals surface area contributed by atoms with Gasteiger partial charge >= 0.3 is 5.91 Å². The Hall–Kier alpha value is -0.890. The summed E-state index contributed by atoms with van der Waals surface area (Å²) in [7, 11) is 1.77. The average Bonchev–Trinajstić information content (AvgIpc) is 2.37. The summed E-state index contributed by atoms with van der Waals surface area (Å²) in [5.41, 5.74) is 0.900. The Morgan fingerprint density at radius 1 is 1.78 bits per heavy atom. The monoisotopic (exact) mass is 124 g/mol. The van der Waals surface area contributed by atoms with Crippen LogP contribution in [0, 0.1) is 0 Å². The quantitative estimate of drug-likeness (QED) is 0.506. The maximum absolute atomic E-state index is 10.9. The standard InChI is InChI=1S/C7H9NO/c1-8-7(9)6-4-2-3-5-6/h2-4H,5H2,1H3,(H,8,9)/p+1. The van der Waals surface area contributed by atoms with Crippen LogP contribution < -0.4 is 5.32 Å². The highest BCUT2D eigenvalue weighted by Gasteiger charge is 2.10. The van der Waals surface area contributed by atoms with E-state index in [0.717, 1.165) is 12.0 Å². The number of carbonyl (C=O) groups excluding carboxylic acids is 1. The van der Waals surface area contributed by atoms with Crippen LogP contribution in [0.15, 0.2) is 23.8 Å². The number of allylic oxidation sites excluding steroid dienone is 3. The summed E-state index contributed by atoms with van der Waals surface area (Å²) in [6, 6.07) is 0. The van der Waals surface area contributed by atoms with Crippen molar-refractivity contribution in [2.24, 2.45) is 0 Å². The van der Waals surface area contributed by atoms with Crippen LogP contribution in [0.4, 0.5) is 0 Å². The molecule has 2 N–H and O–H groups in total. The van der Waals surface area contributed by atoms with E-state index in [1.54, 1.807) is 12.4 Å². The van der Waals surface area contributed by atoms with Crippen molar-refractivity contribution < 1.29 is 10.1 Å². The van der Waals surface area contributed by atoms with Gasteiger partial charge in [-0.25, -0.2) is 4.79 Å². The predicted octanol–water partition coefficient (Wildman–Crippen LogP) is -0.408. The lowest BCUT2D eigenvalue weighted by Gasteiger charge is -1.90. The minimum Gasteiger partial charge on any atom is -0.281 e. The summed E-state index contributed by atoms with van der Waals surface area (Å²) in [6.07, 6.45) is 6.57. The van der Waals surface area contributed by atoms with Gasteiger partial charge < -0.3 is 0 Å². The number of nitrogens with two attached hydrogens (primary N) is 1. The van der Waals surface area contributed by atoms with Gasteiger partial charge in [-0.15, -0.1) is 0 Å². The Morgan fingerprint density at radius 3 is 3.00 bits per heavy atom. The first-order chi connectivity index (χ1) is 4.34. The van der Waals surface area contributed by atoms with Crippen LogP contribution in [0.1, 0.15) is 6.42 Å². The topological polar surface area (TPSA) is 33.7 Å². The molecule has 1 aliphatic rings. The van der Waals surface area contributed by atoms with E-state index in [1.807, 2.05) is 18.2 Å². The van der Waals surface area contributed by atoms with E-state index in [0.29, 0.717) is 0 Å². The van der Waals surface area contributed by atoms with Gasteiger partial charge in [0.15, 0.2) is 0 Å². The van der Waals surface area contributed by atoms with Crippen LogP contribution in [-0.2, 0) is 4.79 Å². The zero-order valence-corrected chi connectivity index (χ0v) is 5.42. The number of hydrogen-bond donors (Lipinski definition) is 1. The molecule has 1 amide bonds. The van der Waals surface area contributed by atoms with Crippen LogP contribution >= 0.6 is 0 Å². The number of quaternary nitrogens is 1. The second-order valence-electron chi connectivity index (χ2n) is 1.98. The van der Waals surface area contributed by atoms with Crippen molar-refractivity contribution in [3.8, 4) is 0 Å². The van der Waals surface area contributed by atoms with Gasteiger partial charge in [-0.1, -0.05) is 12.2 Å². The molecule has 0 aromatic rings. The fourth-order valence-electron chi connectivity index (χ4n) is 0.815. The lowest BCUT2D eigenvalue weighted by atomic mass is 10.2. The van der Waals surface area contributed by atoms with Crippen LogP contribution in [0.5, 0.6) is 0 Å². The molecule has 0 fully saturated rings. The zero-order valence-electron chi connectivity index (χ0n) is 5.42. The molecular weight excluding hydrogens is 114 g/mol. The highest BCUT2D eigenvalue weighted by atomic mass is 16.1. The molecule has 0 bridgehead atoms. The maximum atomic E-state index is 10.9. The number of amides is 1. The van der Waals surface area contributed by atoms with E-state index in [9.17, 15) is 4.79 Å². The molecule has 2 heteroatoms. The van der Waals surface area contributed by atoms with Crippen molar-refractivity contribution in [2.45, 2.75) is 6.42 Å². The highest BCUT2D eigenvalue weighted by molar-refractivity contribution is 5.86. The average molecular weight is 124 g/mol. The molecule has 0 aliphatic heterocycles. The van der Waals surface area contributed by atoms with Crippen molar-refractivity contribution in [1.82, 2.24) is 0 Å². The van der Waals surface area contributed by atoms with Gasteiger partial charge in [0.25, 0.3) is 0 Å². The molecular formula is C7H10NO+. The van der Waals surface area contributed by atoms with Gasteiger partial charge in [0.2, 0.25) is 0 Å². The zero-order chi connectivity index (χ0) is 6.69. The van der Waals surface area contributed by atoms with Gasteiger partial charge in [0, 0.05) is 6.42 Å². The lowest BCUT2D eigenvalue weighted by Crippen LogP contribution is -2.84. The summed E-state index contributed by atoms with van der Waals surface area (Å²) in [5.74, 6) is 0.153. The molecule has 0 saturated carbocycles. The van der Waals surface area contributed by atoms with E-state index in [2.05, 4.69) is 0 Å². The first-order valence-corrected chi connectivity index (χ1v) is 3.04. The van der Waals surface area contributed by atoms with Crippen molar-refractivity contribution >= 4 is 5.91 Å². The summed E-state index contributed by atoms with van der Waals surface area (Å²) in [4.78, 5) is 10.9. The molecule has 48 valence electrons. The Morgan fingerprint density at radius 2 is 2.56 bits per heavy atom. The summed E-state index contributed by atoms with van der Waals surface area (Å²) in [5, 5.41) is 1.60. The van der Waals surface area contributed by atoms with E-state index in [1.165, 1.54) is 0 Å². The largest absolute Gasteiger partial charge is 0.338 e. The summed E-state index contributed by atoms with van der Waals surface area (Å²) in [6.45, 7) is 0. The summed E-state index contributed by atoms with van der Waals surface area (Å²) >= 11 is 0. The minimum atomic E-state index is 0.153. The smallest absolute Gasteiger partial charge is 0.281 e. The van der Waals surface area contributed by atoms with E-state index < -0.39 is 0 Å². The van der Waals surface area contributed by atoms with Gasteiger partial charge in [-0.05, 0) is 6.08 Å². The number of likely N-dealkylation sites (N-methyl/N-ethyl adjacent to an activating group) is 1. The van der Waals surface area contributed by atoms with Gasteiger partial charge in [-0.2, -0.15) is 0 Å². The molecule has 0 radical (unpaired) electrons. The molecule has 0 aromatic carbocycles. The molecule has 2 nitrogen and oxygen atoms in total. The van der Waals surface area contributed by atoms with Gasteiger partial charge in [0.05, 0.1) is 12.6 Å². The number of rotatable bonds is 1. The second-order valence-corrected chi connectivity index (χ2v) is 1.98. The SMILES string of the molecule is C[NH2+]C(=O)C1=CC=CC1. The van der Waals surface area contributed by atoms with Crippen molar-refractivity contribution in [3.63, 3.8) is 0 Å². The normalized spacial score (nSPS) is 15.9. The Labute approximate surface area is 54.3 Å². The fraction of sp³-hybridized carbons (Fsp3) is 0.286. The fourth-order valence-corrected chi connectivity index (χ4v) is 0.815. The van der Waals surface area contributed by atoms with Gasteiger partial charge in [-0.3, -0.25) is 5.32 Å². The van der Waals surface area contributed by atoms with Crippen molar-refractivity contribution in [3.05, 3.63) is 23.8 Å². The Kier molecular flexibility index (Phi) is 1.80. The Bertz CT molecular complexity index is 179. The molecule has 0 unspecified atom stereocenters. The molecule has 0 saturated heterocycles. The molecule has 0 heterocycles. The third-order valence-corrected chi connectivity index (χ3v) is 1.35. The molecule has 9 heavy (non-hydrogen) atoms. The third kappa shape index (κ3) is 1.27. The van der Waals surface area contributed by atoms with Crippen molar-refractivity contribution in [2.75, 3.05) is 7.05 Å². The number of primary amides is 1. The van der Waals surface area contributed by atoms with Gasteiger partial charge in [0.1, 0.15) is 0 Å². The molecule has 0 spiro atoms. The summed E-state index contributed by atoms with van der Waals surface area (Å²) < 4.78 is 0. The van der Waals surface area contributed by atoms with E-state index in [4.69, 9.17) is 0 Å². The Balaban J connectivity index is 2.55. The number of carbonyl (C=O) groups is 1. The highest BCUT2D eigenvalue weighted by Crippen LogP contribution is 2.07.